The Hall–Kier alpha value is -2.44. The molecule has 29 heavy (non-hydrogen) atoms. The molecule has 0 radical (unpaired) electrons. The lowest BCUT2D eigenvalue weighted by Crippen LogP contribution is -2.40. The van der Waals surface area contributed by atoms with Crippen LogP contribution in [0.5, 0.6) is 17.2 Å². The molecule has 0 aromatic heterocycles. The maximum atomic E-state index is 13.0. The van der Waals surface area contributed by atoms with E-state index in [1.54, 1.807) is 12.1 Å². The molecule has 7 nitrogen and oxygen atoms in total. The molecule has 1 saturated carbocycles. The van der Waals surface area contributed by atoms with Gasteiger partial charge in [0.1, 0.15) is 0 Å². The van der Waals surface area contributed by atoms with Gasteiger partial charge in [0, 0.05) is 31.1 Å². The molecule has 1 aliphatic heterocycles. The van der Waals surface area contributed by atoms with Crippen LogP contribution in [0.4, 0.5) is 0 Å². The molecule has 2 aliphatic rings. The summed E-state index contributed by atoms with van der Waals surface area (Å²) in [7, 11) is 4.61. The standard InChI is InChI=1S/C22H32N2O5/c1-27-18-13-16(14-19(28-2)21(18)29-3)22(26)24-10-8-15(9-11-24)12-20(25)23-17-6-4-5-7-17/h13-15,17H,4-12H2,1-3H3,(H,23,25). The van der Waals surface area contributed by atoms with Crippen LogP contribution < -0.4 is 19.5 Å². The van der Waals surface area contributed by atoms with E-state index in [4.69, 9.17) is 14.2 Å². The monoisotopic (exact) mass is 404 g/mol. The largest absolute Gasteiger partial charge is 0.493 e. The number of nitrogens with one attached hydrogen (secondary N) is 1. The normalized spacial score (nSPS) is 17.8. The van der Waals surface area contributed by atoms with Crippen molar-refractivity contribution in [1.82, 2.24) is 10.2 Å². The summed E-state index contributed by atoms with van der Waals surface area (Å²) in [4.78, 5) is 27.1. The number of methoxy groups -OCH3 is 3. The third-order valence-electron chi connectivity index (χ3n) is 6.01. The quantitative estimate of drug-likeness (QED) is 0.756. The zero-order chi connectivity index (χ0) is 20.8. The molecule has 1 aromatic carbocycles. The summed E-state index contributed by atoms with van der Waals surface area (Å²) in [5.74, 6) is 1.84. The smallest absolute Gasteiger partial charge is 0.254 e. The van der Waals surface area contributed by atoms with Crippen molar-refractivity contribution in [2.24, 2.45) is 5.92 Å². The van der Waals surface area contributed by atoms with Gasteiger partial charge in [-0.2, -0.15) is 0 Å². The molecule has 0 bridgehead atoms. The first kappa shape index (κ1) is 21.3. The Labute approximate surface area is 172 Å². The summed E-state index contributed by atoms with van der Waals surface area (Å²) in [6, 6.07) is 3.74. The van der Waals surface area contributed by atoms with E-state index < -0.39 is 0 Å². The SMILES string of the molecule is COc1cc(C(=O)N2CCC(CC(=O)NC3CCCC3)CC2)cc(OC)c1OC. The Morgan fingerprint density at radius 2 is 1.55 bits per heavy atom. The first-order valence-corrected chi connectivity index (χ1v) is 10.4. The molecule has 0 unspecified atom stereocenters. The second kappa shape index (κ2) is 9.85. The Morgan fingerprint density at radius 3 is 2.07 bits per heavy atom. The first-order chi connectivity index (χ1) is 14.0. The average Bonchev–Trinajstić information content (AvgIpc) is 3.25. The highest BCUT2D eigenvalue weighted by molar-refractivity contribution is 5.95. The molecule has 2 fully saturated rings. The van der Waals surface area contributed by atoms with Crippen molar-refractivity contribution in [2.75, 3.05) is 34.4 Å². The minimum Gasteiger partial charge on any atom is -0.493 e. The van der Waals surface area contributed by atoms with Crippen molar-refractivity contribution in [2.45, 2.75) is 51.0 Å². The topological polar surface area (TPSA) is 77.1 Å². The van der Waals surface area contributed by atoms with E-state index in [2.05, 4.69) is 5.32 Å². The number of ether oxygens (including phenoxy) is 3. The lowest BCUT2D eigenvalue weighted by Gasteiger charge is -2.32. The first-order valence-electron chi connectivity index (χ1n) is 10.4. The molecule has 1 aromatic rings. The van der Waals surface area contributed by atoms with Crippen LogP contribution in [0.15, 0.2) is 12.1 Å². The Morgan fingerprint density at radius 1 is 0.966 bits per heavy atom. The lowest BCUT2D eigenvalue weighted by atomic mass is 9.92. The fourth-order valence-electron chi connectivity index (χ4n) is 4.35. The zero-order valence-corrected chi connectivity index (χ0v) is 17.7. The predicted molar refractivity (Wildman–Crippen MR) is 110 cm³/mol. The fourth-order valence-corrected chi connectivity index (χ4v) is 4.35. The predicted octanol–water partition coefficient (Wildman–Crippen LogP) is 3.01. The molecular weight excluding hydrogens is 372 g/mol. The highest BCUT2D eigenvalue weighted by Gasteiger charge is 2.27. The van der Waals surface area contributed by atoms with E-state index >= 15 is 0 Å². The van der Waals surface area contributed by atoms with Gasteiger partial charge < -0.3 is 24.4 Å². The minimum atomic E-state index is -0.0573. The number of carbonyl (C=O) groups excluding carboxylic acids is 2. The maximum Gasteiger partial charge on any atom is 0.254 e. The molecule has 0 spiro atoms. The van der Waals surface area contributed by atoms with Crippen LogP contribution in [0.2, 0.25) is 0 Å². The van der Waals surface area contributed by atoms with Crippen LogP contribution in [0.25, 0.3) is 0 Å². The summed E-state index contributed by atoms with van der Waals surface area (Å²) in [6.07, 6.45) is 6.88. The number of likely N-dealkylation sites (tertiary alicyclic amines) is 1. The van der Waals surface area contributed by atoms with Crippen molar-refractivity contribution < 1.29 is 23.8 Å². The molecule has 1 N–H and O–H groups in total. The number of nitrogens with zero attached hydrogens (tertiary/aromatic N) is 1. The van der Waals surface area contributed by atoms with Gasteiger partial charge in [-0.1, -0.05) is 12.8 Å². The minimum absolute atomic E-state index is 0.0573. The summed E-state index contributed by atoms with van der Waals surface area (Å²) < 4.78 is 16.0. The second-order valence-corrected chi connectivity index (χ2v) is 7.90. The summed E-state index contributed by atoms with van der Waals surface area (Å²) in [5.41, 5.74) is 0.511. The van der Waals surface area contributed by atoms with E-state index in [1.165, 1.54) is 34.2 Å². The van der Waals surface area contributed by atoms with Crippen LogP contribution in [0.3, 0.4) is 0 Å². The lowest BCUT2D eigenvalue weighted by molar-refractivity contribution is -0.123. The summed E-state index contributed by atoms with van der Waals surface area (Å²) in [6.45, 7) is 1.30. The summed E-state index contributed by atoms with van der Waals surface area (Å²) >= 11 is 0. The number of benzene rings is 1. The number of rotatable bonds is 7. The van der Waals surface area contributed by atoms with Crippen LogP contribution in [0, 0.1) is 5.92 Å². The van der Waals surface area contributed by atoms with Gasteiger partial charge in [-0.3, -0.25) is 9.59 Å². The van der Waals surface area contributed by atoms with E-state index in [0.717, 1.165) is 25.7 Å². The second-order valence-electron chi connectivity index (χ2n) is 7.90. The van der Waals surface area contributed by atoms with Gasteiger partial charge in [0.05, 0.1) is 21.3 Å². The van der Waals surface area contributed by atoms with Crippen molar-refractivity contribution in [3.63, 3.8) is 0 Å². The van der Waals surface area contributed by atoms with Gasteiger partial charge in [-0.15, -0.1) is 0 Å². The van der Waals surface area contributed by atoms with E-state index in [9.17, 15) is 9.59 Å². The molecule has 1 saturated heterocycles. The average molecular weight is 405 g/mol. The Kier molecular flexibility index (Phi) is 7.23. The third-order valence-corrected chi connectivity index (χ3v) is 6.01. The molecule has 1 aliphatic carbocycles. The number of hydrogen-bond donors (Lipinski definition) is 1. The molecular formula is C22H32N2O5. The Balaban J connectivity index is 1.56. The molecule has 1 heterocycles. The highest BCUT2D eigenvalue weighted by atomic mass is 16.5. The van der Waals surface area contributed by atoms with E-state index in [0.29, 0.717) is 54.3 Å². The van der Waals surface area contributed by atoms with Crippen LogP contribution in [-0.4, -0.2) is 57.2 Å². The van der Waals surface area contributed by atoms with E-state index in [1.807, 2.05) is 4.90 Å². The van der Waals surface area contributed by atoms with Gasteiger partial charge in [-0.05, 0) is 43.7 Å². The van der Waals surface area contributed by atoms with Crippen molar-refractivity contribution in [3.8, 4) is 17.2 Å². The van der Waals surface area contributed by atoms with Gasteiger partial charge in [0.15, 0.2) is 11.5 Å². The molecule has 2 amide bonds. The highest BCUT2D eigenvalue weighted by Crippen LogP contribution is 2.38. The van der Waals surface area contributed by atoms with E-state index in [-0.39, 0.29) is 11.8 Å². The Bertz CT molecular complexity index is 697. The van der Waals surface area contributed by atoms with Gasteiger partial charge in [0.2, 0.25) is 11.7 Å². The maximum absolute atomic E-state index is 13.0. The third kappa shape index (κ3) is 5.14. The number of piperidine rings is 1. The van der Waals surface area contributed by atoms with Crippen molar-refractivity contribution in [3.05, 3.63) is 17.7 Å². The van der Waals surface area contributed by atoms with Gasteiger partial charge in [-0.25, -0.2) is 0 Å². The molecule has 0 atom stereocenters. The van der Waals surface area contributed by atoms with Gasteiger partial charge in [0.25, 0.3) is 5.91 Å². The van der Waals surface area contributed by atoms with Gasteiger partial charge >= 0.3 is 0 Å². The van der Waals surface area contributed by atoms with Crippen LogP contribution in [-0.2, 0) is 4.79 Å². The van der Waals surface area contributed by atoms with Crippen molar-refractivity contribution >= 4 is 11.8 Å². The molecule has 7 heteroatoms. The number of amides is 2. The number of carbonyl (C=O) groups is 2. The van der Waals surface area contributed by atoms with Crippen molar-refractivity contribution in [1.29, 1.82) is 0 Å². The zero-order valence-electron chi connectivity index (χ0n) is 17.7. The molecule has 3 rings (SSSR count). The van der Waals surface area contributed by atoms with Crippen LogP contribution in [0.1, 0.15) is 55.3 Å². The summed E-state index contributed by atoms with van der Waals surface area (Å²) in [5, 5.41) is 3.16. The molecule has 160 valence electrons. The number of hydrogen-bond acceptors (Lipinski definition) is 5. The fraction of sp³-hybridized carbons (Fsp3) is 0.636. The van der Waals surface area contributed by atoms with Crippen LogP contribution >= 0.6 is 0 Å².